The Morgan fingerprint density at radius 3 is 2.90 bits per heavy atom. The first-order valence-electron chi connectivity index (χ1n) is 7.35. The Hall–Kier alpha value is -1.20. The number of rotatable bonds is 5. The summed E-state index contributed by atoms with van der Waals surface area (Å²) in [4.78, 5) is 15.3. The Balaban J connectivity index is 2.01. The Morgan fingerprint density at radius 2 is 2.29 bits per heavy atom. The molecule has 1 saturated heterocycles. The highest BCUT2D eigenvalue weighted by atomic mass is 32.2. The van der Waals surface area contributed by atoms with Gasteiger partial charge in [-0.25, -0.2) is 0 Å². The van der Waals surface area contributed by atoms with Crippen LogP contribution in [0.15, 0.2) is 23.1 Å². The predicted octanol–water partition coefficient (Wildman–Crippen LogP) is 2.52. The highest BCUT2D eigenvalue weighted by Gasteiger charge is 2.23. The molecule has 0 aromatic heterocycles. The molecule has 5 heteroatoms. The smallest absolute Gasteiger partial charge is 0.239 e. The molecule has 1 amide bonds. The fourth-order valence-corrected chi connectivity index (χ4v) is 3.21. The first kappa shape index (κ1) is 16.2. The average Bonchev–Trinajstić information content (AvgIpc) is 2.54. The van der Waals surface area contributed by atoms with Gasteiger partial charge < -0.3 is 15.0 Å². The zero-order valence-corrected chi connectivity index (χ0v) is 13.8. The number of methoxy groups -OCH3 is 1. The highest BCUT2D eigenvalue weighted by Crippen LogP contribution is 2.28. The molecule has 1 aliphatic rings. The van der Waals surface area contributed by atoms with Gasteiger partial charge in [-0.2, -0.15) is 0 Å². The van der Waals surface area contributed by atoms with Gasteiger partial charge in [0.05, 0.1) is 13.2 Å². The molecular formula is C16H24N2O2S. The molecule has 0 spiro atoms. The summed E-state index contributed by atoms with van der Waals surface area (Å²) >= 11 is 1.66. The number of amides is 1. The van der Waals surface area contributed by atoms with Gasteiger partial charge in [0.1, 0.15) is 5.75 Å². The average molecular weight is 308 g/mol. The van der Waals surface area contributed by atoms with E-state index in [4.69, 9.17) is 4.74 Å². The minimum atomic E-state index is -0.0175. The molecule has 1 aromatic rings. The third-order valence-electron chi connectivity index (χ3n) is 3.85. The number of ether oxygens (including phenoxy) is 1. The van der Waals surface area contributed by atoms with Crippen molar-refractivity contribution in [3.63, 3.8) is 0 Å². The standard InChI is InChI=1S/C16H24N2O2S/c1-18(16(19)13-6-4-5-9-17-13)11-12-7-8-15(21-3)14(10-12)20-2/h7-8,10,13,17H,4-6,9,11H2,1-3H3. The molecule has 1 atom stereocenters. The van der Waals surface area contributed by atoms with Gasteiger partial charge in [-0.3, -0.25) is 4.79 Å². The number of piperidine rings is 1. The van der Waals surface area contributed by atoms with Gasteiger partial charge >= 0.3 is 0 Å². The Bertz CT molecular complexity index is 487. The second-order valence-corrected chi connectivity index (χ2v) is 6.23. The van der Waals surface area contributed by atoms with Gasteiger partial charge in [0.25, 0.3) is 0 Å². The van der Waals surface area contributed by atoms with Gasteiger partial charge in [-0.05, 0) is 43.3 Å². The number of nitrogens with zero attached hydrogens (tertiary/aromatic N) is 1. The fourth-order valence-electron chi connectivity index (χ4n) is 2.66. The van der Waals surface area contributed by atoms with E-state index in [2.05, 4.69) is 17.4 Å². The third-order valence-corrected chi connectivity index (χ3v) is 4.63. The maximum Gasteiger partial charge on any atom is 0.239 e. The van der Waals surface area contributed by atoms with E-state index in [0.29, 0.717) is 6.54 Å². The number of thioether (sulfide) groups is 1. The second kappa shape index (κ2) is 7.71. The van der Waals surface area contributed by atoms with Crippen LogP contribution in [0.5, 0.6) is 5.75 Å². The molecule has 0 bridgehead atoms. The molecular weight excluding hydrogens is 284 g/mol. The lowest BCUT2D eigenvalue weighted by molar-refractivity contribution is -0.133. The lowest BCUT2D eigenvalue weighted by atomic mass is 10.0. The summed E-state index contributed by atoms with van der Waals surface area (Å²) in [6.07, 6.45) is 5.27. The number of hydrogen-bond acceptors (Lipinski definition) is 4. The molecule has 0 aliphatic carbocycles. The summed E-state index contributed by atoms with van der Waals surface area (Å²) < 4.78 is 5.40. The third kappa shape index (κ3) is 4.14. The number of carbonyl (C=O) groups is 1. The van der Waals surface area contributed by atoms with Crippen LogP contribution in [0.3, 0.4) is 0 Å². The van der Waals surface area contributed by atoms with Crippen LogP contribution in [0.2, 0.25) is 0 Å². The SMILES string of the molecule is COc1cc(CN(C)C(=O)C2CCCCN2)ccc1SC. The Morgan fingerprint density at radius 1 is 1.48 bits per heavy atom. The summed E-state index contributed by atoms with van der Waals surface area (Å²) in [5.41, 5.74) is 1.09. The molecule has 1 N–H and O–H groups in total. The molecule has 1 fully saturated rings. The van der Waals surface area contributed by atoms with Crippen molar-refractivity contribution in [2.24, 2.45) is 0 Å². The minimum absolute atomic E-state index is 0.0175. The number of benzene rings is 1. The summed E-state index contributed by atoms with van der Waals surface area (Å²) in [7, 11) is 3.55. The van der Waals surface area contributed by atoms with Crippen LogP contribution in [0.25, 0.3) is 0 Å². The molecule has 4 nitrogen and oxygen atoms in total. The summed E-state index contributed by atoms with van der Waals surface area (Å²) in [6.45, 7) is 1.56. The van der Waals surface area contributed by atoms with Gasteiger partial charge in [-0.15, -0.1) is 11.8 Å². The van der Waals surface area contributed by atoms with Gasteiger partial charge in [0.2, 0.25) is 5.91 Å². The Kier molecular flexibility index (Phi) is 5.94. The summed E-state index contributed by atoms with van der Waals surface area (Å²) in [5, 5.41) is 3.31. The van der Waals surface area contributed by atoms with Crippen LogP contribution in [-0.4, -0.2) is 43.8 Å². The van der Waals surface area contributed by atoms with E-state index in [-0.39, 0.29) is 11.9 Å². The molecule has 1 aromatic carbocycles. The highest BCUT2D eigenvalue weighted by molar-refractivity contribution is 7.98. The van der Waals surface area contributed by atoms with Crippen molar-refractivity contribution < 1.29 is 9.53 Å². The van der Waals surface area contributed by atoms with Crippen molar-refractivity contribution in [1.82, 2.24) is 10.2 Å². The van der Waals surface area contributed by atoms with Crippen LogP contribution in [-0.2, 0) is 11.3 Å². The van der Waals surface area contributed by atoms with E-state index in [1.54, 1.807) is 23.8 Å². The van der Waals surface area contributed by atoms with Crippen molar-refractivity contribution in [2.45, 2.75) is 36.7 Å². The van der Waals surface area contributed by atoms with E-state index >= 15 is 0 Å². The van der Waals surface area contributed by atoms with Crippen molar-refractivity contribution >= 4 is 17.7 Å². The number of carbonyl (C=O) groups excluding carboxylic acids is 1. The van der Waals surface area contributed by atoms with E-state index in [9.17, 15) is 4.79 Å². The zero-order valence-electron chi connectivity index (χ0n) is 13.0. The summed E-state index contributed by atoms with van der Waals surface area (Å²) in [6, 6.07) is 6.11. The maximum atomic E-state index is 12.4. The summed E-state index contributed by atoms with van der Waals surface area (Å²) in [5.74, 6) is 1.05. The van der Waals surface area contributed by atoms with Crippen molar-refractivity contribution in [3.8, 4) is 5.75 Å². The second-order valence-electron chi connectivity index (χ2n) is 5.39. The molecule has 1 heterocycles. The van der Waals surface area contributed by atoms with E-state index in [1.807, 2.05) is 19.4 Å². The number of likely N-dealkylation sites (N-methyl/N-ethyl adjacent to an activating group) is 1. The first-order valence-corrected chi connectivity index (χ1v) is 8.57. The predicted molar refractivity (Wildman–Crippen MR) is 86.9 cm³/mol. The van der Waals surface area contributed by atoms with Crippen molar-refractivity contribution in [3.05, 3.63) is 23.8 Å². The van der Waals surface area contributed by atoms with E-state index in [1.165, 1.54) is 6.42 Å². The molecule has 116 valence electrons. The van der Waals surface area contributed by atoms with Crippen molar-refractivity contribution in [2.75, 3.05) is 27.0 Å². The molecule has 0 saturated carbocycles. The molecule has 1 aliphatic heterocycles. The monoisotopic (exact) mass is 308 g/mol. The largest absolute Gasteiger partial charge is 0.496 e. The Labute approximate surface area is 131 Å². The molecule has 0 radical (unpaired) electrons. The van der Waals surface area contributed by atoms with Crippen LogP contribution in [0.1, 0.15) is 24.8 Å². The molecule has 2 rings (SSSR count). The minimum Gasteiger partial charge on any atom is -0.496 e. The van der Waals surface area contributed by atoms with Crippen LogP contribution in [0.4, 0.5) is 0 Å². The van der Waals surface area contributed by atoms with Crippen molar-refractivity contribution in [1.29, 1.82) is 0 Å². The molecule has 1 unspecified atom stereocenters. The first-order chi connectivity index (χ1) is 10.2. The number of nitrogens with one attached hydrogen (secondary N) is 1. The zero-order chi connectivity index (χ0) is 15.2. The fraction of sp³-hybridized carbons (Fsp3) is 0.562. The van der Waals surface area contributed by atoms with Gasteiger partial charge in [-0.1, -0.05) is 12.5 Å². The van der Waals surface area contributed by atoms with E-state index in [0.717, 1.165) is 35.6 Å². The quantitative estimate of drug-likeness (QED) is 0.849. The normalized spacial score (nSPS) is 18.3. The van der Waals surface area contributed by atoms with Crippen LogP contribution in [0, 0.1) is 0 Å². The van der Waals surface area contributed by atoms with Gasteiger partial charge in [0.15, 0.2) is 0 Å². The lowest BCUT2D eigenvalue weighted by Gasteiger charge is -2.27. The molecule has 21 heavy (non-hydrogen) atoms. The topological polar surface area (TPSA) is 41.6 Å². The van der Waals surface area contributed by atoms with E-state index < -0.39 is 0 Å². The maximum absolute atomic E-state index is 12.4. The number of hydrogen-bond donors (Lipinski definition) is 1. The van der Waals surface area contributed by atoms with Crippen LogP contribution < -0.4 is 10.1 Å². The van der Waals surface area contributed by atoms with Crippen LogP contribution >= 0.6 is 11.8 Å². The van der Waals surface area contributed by atoms with Gasteiger partial charge in [0, 0.05) is 18.5 Å². The lowest BCUT2D eigenvalue weighted by Crippen LogP contribution is -2.46.